The van der Waals surface area contributed by atoms with Crippen LogP contribution >= 0.6 is 15.9 Å². The molecule has 7 heteroatoms. The highest BCUT2D eigenvalue weighted by atomic mass is 79.9. The molecule has 1 aromatic carbocycles. The maximum Gasteiger partial charge on any atom is 0.228 e. The highest BCUT2D eigenvalue weighted by Crippen LogP contribution is 2.22. The molecule has 2 heterocycles. The van der Waals surface area contributed by atoms with Crippen LogP contribution in [-0.2, 0) is 17.8 Å². The summed E-state index contributed by atoms with van der Waals surface area (Å²) in [6.07, 6.45) is 2.56. The SMILES string of the molecule is CC(C)(C)CC(=O)N(CCc1nc(-c2ccc(Br)cc2)no1)Cc1ccco1. The average Bonchev–Trinajstić information content (AvgIpc) is 3.29. The van der Waals surface area contributed by atoms with Crippen LogP contribution in [0.4, 0.5) is 0 Å². The highest BCUT2D eigenvalue weighted by Gasteiger charge is 2.22. The zero-order chi connectivity index (χ0) is 20.1. The van der Waals surface area contributed by atoms with Gasteiger partial charge in [0.15, 0.2) is 0 Å². The minimum atomic E-state index is -0.0856. The van der Waals surface area contributed by atoms with Crippen molar-refractivity contribution < 1.29 is 13.7 Å². The first kappa shape index (κ1) is 20.3. The Morgan fingerprint density at radius 2 is 1.93 bits per heavy atom. The number of amides is 1. The van der Waals surface area contributed by atoms with Crippen LogP contribution in [0.5, 0.6) is 0 Å². The number of carbonyl (C=O) groups is 1. The first-order valence-electron chi connectivity index (χ1n) is 9.19. The lowest BCUT2D eigenvalue weighted by atomic mass is 9.91. The van der Waals surface area contributed by atoms with Gasteiger partial charge in [-0.2, -0.15) is 4.98 Å². The van der Waals surface area contributed by atoms with Gasteiger partial charge in [0.05, 0.1) is 12.8 Å². The Bertz CT molecular complexity index is 896. The largest absolute Gasteiger partial charge is 0.467 e. The fourth-order valence-electron chi connectivity index (χ4n) is 2.75. The highest BCUT2D eigenvalue weighted by molar-refractivity contribution is 9.10. The number of aromatic nitrogens is 2. The molecule has 0 bridgehead atoms. The van der Waals surface area contributed by atoms with E-state index in [9.17, 15) is 4.79 Å². The van der Waals surface area contributed by atoms with Crippen molar-refractivity contribution in [3.05, 3.63) is 58.8 Å². The summed E-state index contributed by atoms with van der Waals surface area (Å²) in [6.45, 7) is 7.07. The lowest BCUT2D eigenvalue weighted by Crippen LogP contribution is -2.34. The number of furan rings is 1. The molecule has 0 saturated carbocycles. The van der Waals surface area contributed by atoms with E-state index >= 15 is 0 Å². The summed E-state index contributed by atoms with van der Waals surface area (Å²) in [5.41, 5.74) is 0.798. The van der Waals surface area contributed by atoms with Gasteiger partial charge < -0.3 is 13.8 Å². The Balaban J connectivity index is 1.67. The van der Waals surface area contributed by atoms with E-state index in [1.807, 2.05) is 36.4 Å². The molecule has 0 fully saturated rings. The number of hydrogen-bond acceptors (Lipinski definition) is 5. The van der Waals surface area contributed by atoms with E-state index in [0.29, 0.717) is 37.6 Å². The fraction of sp³-hybridized carbons (Fsp3) is 0.381. The molecule has 0 spiro atoms. The molecular formula is C21H24BrN3O3. The van der Waals surface area contributed by atoms with Gasteiger partial charge in [-0.05, 0) is 41.8 Å². The zero-order valence-electron chi connectivity index (χ0n) is 16.3. The van der Waals surface area contributed by atoms with Crippen molar-refractivity contribution in [3.63, 3.8) is 0 Å². The first-order chi connectivity index (χ1) is 13.3. The smallest absolute Gasteiger partial charge is 0.228 e. The molecule has 6 nitrogen and oxygen atoms in total. The third-order valence-corrected chi connectivity index (χ3v) is 4.66. The third-order valence-electron chi connectivity index (χ3n) is 4.13. The fourth-order valence-corrected chi connectivity index (χ4v) is 3.02. The van der Waals surface area contributed by atoms with Gasteiger partial charge in [-0.3, -0.25) is 4.79 Å². The molecule has 0 unspecified atom stereocenters. The Kier molecular flexibility index (Phi) is 6.34. The van der Waals surface area contributed by atoms with Crippen molar-refractivity contribution in [1.29, 1.82) is 0 Å². The van der Waals surface area contributed by atoms with Crippen LogP contribution in [-0.4, -0.2) is 27.5 Å². The molecule has 2 aromatic heterocycles. The van der Waals surface area contributed by atoms with E-state index in [2.05, 4.69) is 46.8 Å². The lowest BCUT2D eigenvalue weighted by molar-refractivity contribution is -0.134. The van der Waals surface area contributed by atoms with E-state index in [4.69, 9.17) is 8.94 Å². The van der Waals surface area contributed by atoms with Crippen molar-refractivity contribution in [3.8, 4) is 11.4 Å². The van der Waals surface area contributed by atoms with Crippen molar-refractivity contribution in [2.75, 3.05) is 6.54 Å². The minimum Gasteiger partial charge on any atom is -0.467 e. The summed E-state index contributed by atoms with van der Waals surface area (Å²) in [7, 11) is 0. The summed E-state index contributed by atoms with van der Waals surface area (Å²) in [5.74, 6) is 1.88. The topological polar surface area (TPSA) is 72.4 Å². The molecule has 3 rings (SSSR count). The number of hydrogen-bond donors (Lipinski definition) is 0. The minimum absolute atomic E-state index is 0.0801. The van der Waals surface area contributed by atoms with Gasteiger partial charge in [-0.25, -0.2) is 0 Å². The third kappa shape index (κ3) is 5.79. The molecule has 1 amide bonds. The number of halogens is 1. The van der Waals surface area contributed by atoms with Crippen LogP contribution in [0.15, 0.2) is 56.1 Å². The van der Waals surface area contributed by atoms with Crippen LogP contribution in [0.2, 0.25) is 0 Å². The second kappa shape index (κ2) is 8.73. The molecule has 3 aromatic rings. The van der Waals surface area contributed by atoms with Crippen LogP contribution in [0.25, 0.3) is 11.4 Å². The van der Waals surface area contributed by atoms with Crippen molar-refractivity contribution in [2.24, 2.45) is 5.41 Å². The van der Waals surface area contributed by atoms with Crippen molar-refractivity contribution >= 4 is 21.8 Å². The predicted octanol–water partition coefficient (Wildman–Crippen LogP) is 5.10. The predicted molar refractivity (Wildman–Crippen MR) is 109 cm³/mol. The van der Waals surface area contributed by atoms with E-state index in [0.717, 1.165) is 15.8 Å². The van der Waals surface area contributed by atoms with E-state index in [1.54, 1.807) is 11.2 Å². The van der Waals surface area contributed by atoms with E-state index in [1.165, 1.54) is 0 Å². The number of benzene rings is 1. The monoisotopic (exact) mass is 445 g/mol. The van der Waals surface area contributed by atoms with Gasteiger partial charge >= 0.3 is 0 Å². The average molecular weight is 446 g/mol. The summed E-state index contributed by atoms with van der Waals surface area (Å²) in [6, 6.07) is 11.4. The van der Waals surface area contributed by atoms with Crippen LogP contribution in [0.3, 0.4) is 0 Å². The van der Waals surface area contributed by atoms with Gasteiger partial charge in [0.1, 0.15) is 5.76 Å². The number of carbonyl (C=O) groups excluding carboxylic acids is 1. The van der Waals surface area contributed by atoms with Gasteiger partial charge in [0.25, 0.3) is 0 Å². The molecule has 0 aliphatic carbocycles. The Hall–Kier alpha value is -2.41. The standard InChI is InChI=1S/C21H24BrN3O3/c1-21(2,3)13-19(26)25(14-17-5-4-12-27-17)11-10-18-23-20(24-28-18)15-6-8-16(22)9-7-15/h4-9,12H,10-11,13-14H2,1-3H3. The molecule has 0 N–H and O–H groups in total. The zero-order valence-corrected chi connectivity index (χ0v) is 17.9. The molecule has 148 valence electrons. The molecule has 28 heavy (non-hydrogen) atoms. The Morgan fingerprint density at radius 1 is 1.18 bits per heavy atom. The molecule has 0 aliphatic heterocycles. The van der Waals surface area contributed by atoms with Crippen LogP contribution in [0.1, 0.15) is 38.8 Å². The Morgan fingerprint density at radius 3 is 2.57 bits per heavy atom. The maximum atomic E-state index is 12.8. The molecule has 0 atom stereocenters. The molecule has 0 saturated heterocycles. The number of nitrogens with zero attached hydrogens (tertiary/aromatic N) is 3. The van der Waals surface area contributed by atoms with Gasteiger partial charge in [0.2, 0.25) is 17.6 Å². The molecule has 0 aliphatic rings. The van der Waals surface area contributed by atoms with Crippen LogP contribution in [0, 0.1) is 5.41 Å². The normalized spacial score (nSPS) is 11.6. The molecular weight excluding hydrogens is 422 g/mol. The van der Waals surface area contributed by atoms with E-state index < -0.39 is 0 Å². The summed E-state index contributed by atoms with van der Waals surface area (Å²) >= 11 is 3.41. The van der Waals surface area contributed by atoms with Crippen LogP contribution < -0.4 is 0 Å². The van der Waals surface area contributed by atoms with Crippen molar-refractivity contribution in [1.82, 2.24) is 15.0 Å². The van der Waals surface area contributed by atoms with E-state index in [-0.39, 0.29) is 11.3 Å². The summed E-state index contributed by atoms with van der Waals surface area (Å²) in [4.78, 5) is 19.0. The summed E-state index contributed by atoms with van der Waals surface area (Å²) < 4.78 is 11.8. The second-order valence-corrected chi connectivity index (χ2v) is 8.82. The van der Waals surface area contributed by atoms with Gasteiger partial charge in [-0.1, -0.05) is 41.9 Å². The Labute approximate surface area is 173 Å². The quantitative estimate of drug-likeness (QED) is 0.505. The first-order valence-corrected chi connectivity index (χ1v) is 9.98. The summed E-state index contributed by atoms with van der Waals surface area (Å²) in [5, 5.41) is 4.05. The van der Waals surface area contributed by atoms with Gasteiger partial charge in [0, 0.05) is 29.4 Å². The lowest BCUT2D eigenvalue weighted by Gasteiger charge is -2.25. The van der Waals surface area contributed by atoms with Crippen molar-refractivity contribution in [2.45, 2.75) is 40.2 Å². The van der Waals surface area contributed by atoms with Gasteiger partial charge in [-0.15, -0.1) is 0 Å². The second-order valence-electron chi connectivity index (χ2n) is 7.90. The number of rotatable bonds is 7. The molecule has 0 radical (unpaired) electrons. The maximum absolute atomic E-state index is 12.8.